The Morgan fingerprint density at radius 2 is 2.05 bits per heavy atom. The van der Waals surface area contributed by atoms with Crippen LogP contribution in [0.4, 0.5) is 0 Å². The van der Waals surface area contributed by atoms with Crippen molar-refractivity contribution >= 4 is 10.0 Å². The summed E-state index contributed by atoms with van der Waals surface area (Å²) >= 11 is 0. The van der Waals surface area contributed by atoms with Crippen LogP contribution in [0.1, 0.15) is 50.3 Å². The lowest BCUT2D eigenvalue weighted by atomic mass is 9.84. The molecule has 1 aromatic heterocycles. The first-order valence-electron chi connectivity index (χ1n) is 7.08. The van der Waals surface area contributed by atoms with Crippen LogP contribution in [0, 0.1) is 12.3 Å². The predicted molar refractivity (Wildman–Crippen MR) is 75.6 cm³/mol. The normalized spacial score (nSPS) is 18.6. The summed E-state index contributed by atoms with van der Waals surface area (Å²) in [4.78, 5) is 0. The minimum atomic E-state index is -3.67. The van der Waals surface area contributed by atoms with E-state index in [-0.39, 0.29) is 17.0 Å². The molecule has 0 amide bonds. The van der Waals surface area contributed by atoms with Gasteiger partial charge in [0.15, 0.2) is 5.03 Å². The van der Waals surface area contributed by atoms with Gasteiger partial charge in [-0.2, -0.15) is 5.10 Å². The molecule has 114 valence electrons. The maximum Gasteiger partial charge on any atom is 0.260 e. The third-order valence-electron chi connectivity index (χ3n) is 4.50. The Morgan fingerprint density at radius 1 is 1.40 bits per heavy atom. The van der Waals surface area contributed by atoms with Gasteiger partial charge in [-0.25, -0.2) is 13.1 Å². The summed E-state index contributed by atoms with van der Waals surface area (Å²) < 4.78 is 27.3. The van der Waals surface area contributed by atoms with E-state index in [1.54, 1.807) is 6.92 Å². The van der Waals surface area contributed by atoms with E-state index in [2.05, 4.69) is 21.8 Å². The highest BCUT2D eigenvalue weighted by Crippen LogP contribution is 2.40. The number of nitrogens with zero attached hydrogens (tertiary/aromatic N) is 1. The van der Waals surface area contributed by atoms with Gasteiger partial charge in [0.25, 0.3) is 10.0 Å². The van der Waals surface area contributed by atoms with Crippen molar-refractivity contribution in [1.29, 1.82) is 0 Å². The third kappa shape index (κ3) is 2.89. The Kier molecular flexibility index (Phi) is 4.51. The first kappa shape index (κ1) is 15.5. The maximum absolute atomic E-state index is 12.3. The number of sulfonamides is 1. The molecule has 1 aliphatic carbocycles. The highest BCUT2D eigenvalue weighted by Gasteiger charge is 2.34. The van der Waals surface area contributed by atoms with Crippen LogP contribution in [-0.4, -0.2) is 30.3 Å². The summed E-state index contributed by atoms with van der Waals surface area (Å²) in [5.41, 5.74) is 1.01. The van der Waals surface area contributed by atoms with Gasteiger partial charge >= 0.3 is 0 Å². The Balaban J connectivity index is 2.15. The number of H-pyrrole nitrogens is 1. The van der Waals surface area contributed by atoms with Crippen molar-refractivity contribution in [2.75, 3.05) is 6.54 Å². The molecule has 0 spiro atoms. The minimum Gasteiger partial charge on any atom is -0.392 e. The van der Waals surface area contributed by atoms with Gasteiger partial charge in [0, 0.05) is 17.8 Å². The number of rotatable bonds is 6. The quantitative estimate of drug-likeness (QED) is 0.741. The number of aliphatic hydroxyl groups is 1. The van der Waals surface area contributed by atoms with E-state index >= 15 is 0 Å². The number of aromatic nitrogens is 2. The molecule has 0 bridgehead atoms. The maximum atomic E-state index is 12.3. The Hall–Kier alpha value is -0.920. The van der Waals surface area contributed by atoms with Crippen molar-refractivity contribution in [3.05, 3.63) is 11.3 Å². The molecule has 1 fully saturated rings. The van der Waals surface area contributed by atoms with Crippen molar-refractivity contribution in [2.45, 2.75) is 57.6 Å². The smallest absolute Gasteiger partial charge is 0.260 e. The van der Waals surface area contributed by atoms with Gasteiger partial charge in [-0.05, 0) is 31.6 Å². The molecule has 1 aromatic rings. The van der Waals surface area contributed by atoms with Crippen molar-refractivity contribution in [1.82, 2.24) is 14.9 Å². The van der Waals surface area contributed by atoms with E-state index < -0.39 is 10.0 Å². The number of aromatic amines is 1. The SMILES string of the molecule is CCC1(CNS(=O)(=O)c2n[nH]c(C)c2CO)CCCC1. The van der Waals surface area contributed by atoms with Crippen LogP contribution in [0.15, 0.2) is 5.03 Å². The average Bonchev–Trinajstić information content (AvgIpc) is 3.04. The monoisotopic (exact) mass is 301 g/mol. The minimum absolute atomic E-state index is 0.0812. The molecule has 1 aliphatic rings. The molecule has 20 heavy (non-hydrogen) atoms. The first-order valence-corrected chi connectivity index (χ1v) is 8.57. The first-order chi connectivity index (χ1) is 9.44. The highest BCUT2D eigenvalue weighted by atomic mass is 32.2. The van der Waals surface area contributed by atoms with Crippen LogP contribution in [-0.2, 0) is 16.6 Å². The zero-order valence-electron chi connectivity index (χ0n) is 12.1. The summed E-state index contributed by atoms with van der Waals surface area (Å²) in [5, 5.41) is 15.6. The van der Waals surface area contributed by atoms with E-state index in [0.717, 1.165) is 19.3 Å². The fraction of sp³-hybridized carbons (Fsp3) is 0.769. The fourth-order valence-corrected chi connectivity index (χ4v) is 4.28. The van der Waals surface area contributed by atoms with Crippen LogP contribution in [0.3, 0.4) is 0 Å². The van der Waals surface area contributed by atoms with Gasteiger partial charge < -0.3 is 5.11 Å². The predicted octanol–water partition coefficient (Wildman–Crippen LogP) is 1.46. The van der Waals surface area contributed by atoms with Crippen LogP contribution in [0.2, 0.25) is 0 Å². The highest BCUT2D eigenvalue weighted by molar-refractivity contribution is 7.89. The molecule has 7 heteroatoms. The largest absolute Gasteiger partial charge is 0.392 e. The van der Waals surface area contributed by atoms with Gasteiger partial charge in [0.2, 0.25) is 0 Å². The summed E-state index contributed by atoms with van der Waals surface area (Å²) in [6.07, 6.45) is 5.44. The Morgan fingerprint density at radius 3 is 2.60 bits per heavy atom. The van der Waals surface area contributed by atoms with Crippen LogP contribution in [0.25, 0.3) is 0 Å². The van der Waals surface area contributed by atoms with Gasteiger partial charge in [-0.3, -0.25) is 5.10 Å². The number of hydrogen-bond acceptors (Lipinski definition) is 4. The Labute approximate surface area is 120 Å². The third-order valence-corrected chi connectivity index (χ3v) is 5.87. The molecule has 0 aromatic carbocycles. The molecular formula is C13H23N3O3S. The Bertz CT molecular complexity index is 559. The molecule has 2 rings (SSSR count). The lowest BCUT2D eigenvalue weighted by Gasteiger charge is -2.27. The summed E-state index contributed by atoms with van der Waals surface area (Å²) in [6.45, 7) is 3.92. The van der Waals surface area contributed by atoms with Crippen molar-refractivity contribution in [3.63, 3.8) is 0 Å². The fourth-order valence-electron chi connectivity index (χ4n) is 2.94. The molecule has 1 heterocycles. The van der Waals surface area contributed by atoms with E-state index in [1.165, 1.54) is 12.8 Å². The van der Waals surface area contributed by atoms with E-state index in [0.29, 0.717) is 17.8 Å². The van der Waals surface area contributed by atoms with Crippen molar-refractivity contribution in [2.24, 2.45) is 5.41 Å². The van der Waals surface area contributed by atoms with Crippen LogP contribution >= 0.6 is 0 Å². The number of nitrogens with one attached hydrogen (secondary N) is 2. The molecule has 3 N–H and O–H groups in total. The summed E-state index contributed by atoms with van der Waals surface area (Å²) in [5.74, 6) is 0. The lowest BCUT2D eigenvalue weighted by molar-refractivity contribution is 0.276. The molecule has 0 unspecified atom stereocenters. The molecule has 0 saturated heterocycles. The van der Waals surface area contributed by atoms with Crippen LogP contribution in [0.5, 0.6) is 0 Å². The standard InChI is InChI=1S/C13H23N3O3S/c1-3-13(6-4-5-7-13)9-14-20(18,19)12-11(8-17)10(2)15-16-12/h14,17H,3-9H2,1-2H3,(H,15,16). The molecule has 1 saturated carbocycles. The van der Waals surface area contributed by atoms with E-state index in [1.807, 2.05) is 0 Å². The number of hydrogen-bond donors (Lipinski definition) is 3. The van der Waals surface area contributed by atoms with Crippen molar-refractivity contribution < 1.29 is 13.5 Å². The van der Waals surface area contributed by atoms with Gasteiger partial charge in [0.1, 0.15) is 0 Å². The topological polar surface area (TPSA) is 95.1 Å². The van der Waals surface area contributed by atoms with Gasteiger partial charge in [-0.15, -0.1) is 0 Å². The van der Waals surface area contributed by atoms with Crippen molar-refractivity contribution in [3.8, 4) is 0 Å². The summed E-state index contributed by atoms with van der Waals surface area (Å²) in [7, 11) is -3.67. The van der Waals surface area contributed by atoms with E-state index in [9.17, 15) is 13.5 Å². The summed E-state index contributed by atoms with van der Waals surface area (Å²) in [6, 6.07) is 0. The molecule has 0 radical (unpaired) electrons. The molecular weight excluding hydrogens is 278 g/mol. The zero-order chi connectivity index (χ0) is 14.8. The number of aryl methyl sites for hydroxylation is 1. The second-order valence-corrected chi connectivity index (χ2v) is 7.36. The second-order valence-electron chi connectivity index (χ2n) is 5.68. The van der Waals surface area contributed by atoms with Gasteiger partial charge in [-0.1, -0.05) is 19.8 Å². The number of aliphatic hydroxyl groups excluding tert-OH is 1. The second kappa shape index (κ2) is 5.83. The molecule has 6 nitrogen and oxygen atoms in total. The van der Waals surface area contributed by atoms with Crippen LogP contribution < -0.4 is 4.72 Å². The molecule has 0 atom stereocenters. The molecule has 0 aliphatic heterocycles. The average molecular weight is 301 g/mol. The zero-order valence-corrected chi connectivity index (χ0v) is 12.9. The lowest BCUT2D eigenvalue weighted by Crippen LogP contribution is -2.36. The van der Waals surface area contributed by atoms with Gasteiger partial charge in [0.05, 0.1) is 6.61 Å². The van der Waals surface area contributed by atoms with E-state index in [4.69, 9.17) is 0 Å².